The first kappa shape index (κ1) is 14.5. The Morgan fingerprint density at radius 2 is 2.10 bits per heavy atom. The van der Waals surface area contributed by atoms with Crippen molar-refractivity contribution in [2.45, 2.75) is 39.2 Å². The van der Waals surface area contributed by atoms with E-state index in [4.69, 9.17) is 5.84 Å². The number of nitrogen functional groups attached to an aromatic ring is 1. The number of hydrazine groups is 1. The summed E-state index contributed by atoms with van der Waals surface area (Å²) in [6, 6.07) is -0.313. The number of nitrogens with two attached hydrogens (primary N) is 1. The Morgan fingerprint density at radius 3 is 2.75 bits per heavy atom. The third kappa shape index (κ3) is 3.36. The summed E-state index contributed by atoms with van der Waals surface area (Å²) in [5.74, 6) is 6.37. The monoisotopic (exact) mass is 278 g/mol. The van der Waals surface area contributed by atoms with E-state index in [1.807, 2.05) is 18.7 Å². The second-order valence-electron chi connectivity index (χ2n) is 5.12. The van der Waals surface area contributed by atoms with E-state index in [0.717, 1.165) is 31.5 Å². The van der Waals surface area contributed by atoms with Crippen LogP contribution in [0.5, 0.6) is 0 Å². The normalized spacial score (nSPS) is 16.6. The van der Waals surface area contributed by atoms with Crippen molar-refractivity contribution in [3.8, 4) is 0 Å². The van der Waals surface area contributed by atoms with Crippen molar-refractivity contribution >= 4 is 17.7 Å². The van der Waals surface area contributed by atoms with Crippen LogP contribution in [0.3, 0.4) is 0 Å². The zero-order chi connectivity index (χ0) is 14.5. The van der Waals surface area contributed by atoms with Crippen molar-refractivity contribution in [2.24, 2.45) is 5.84 Å². The number of amides is 1. The van der Waals surface area contributed by atoms with Crippen LogP contribution in [0.25, 0.3) is 0 Å². The fourth-order valence-electron chi connectivity index (χ4n) is 2.31. The Bertz CT molecular complexity index is 472. The molecule has 4 N–H and O–H groups in total. The van der Waals surface area contributed by atoms with E-state index in [1.165, 1.54) is 6.42 Å². The first-order chi connectivity index (χ1) is 9.61. The molecule has 0 bridgehead atoms. The summed E-state index contributed by atoms with van der Waals surface area (Å²) in [4.78, 5) is 22.5. The molecule has 0 spiro atoms. The van der Waals surface area contributed by atoms with Gasteiger partial charge in [-0.05, 0) is 33.1 Å². The molecule has 1 aromatic rings. The molecule has 1 atom stereocenters. The molecule has 1 fully saturated rings. The van der Waals surface area contributed by atoms with Gasteiger partial charge in [0.05, 0.1) is 0 Å². The standard InChI is InChI=1S/C13H22N6O/c1-9-8-15-13(18-14)17-11(9)16-10(2)12(20)19-6-4-3-5-7-19/h8,10H,3-7,14H2,1-2H3,(H2,15,16,17,18). The highest BCUT2D eigenvalue weighted by atomic mass is 16.2. The van der Waals surface area contributed by atoms with Gasteiger partial charge in [-0.3, -0.25) is 10.2 Å². The number of hydrogen-bond donors (Lipinski definition) is 3. The summed E-state index contributed by atoms with van der Waals surface area (Å²) in [7, 11) is 0. The first-order valence-electron chi connectivity index (χ1n) is 6.97. The smallest absolute Gasteiger partial charge is 0.244 e. The van der Waals surface area contributed by atoms with Gasteiger partial charge in [0.15, 0.2) is 0 Å². The van der Waals surface area contributed by atoms with Crippen LogP contribution < -0.4 is 16.6 Å². The fraction of sp³-hybridized carbons (Fsp3) is 0.615. The summed E-state index contributed by atoms with van der Waals surface area (Å²) in [5.41, 5.74) is 3.28. The average molecular weight is 278 g/mol. The lowest BCUT2D eigenvalue weighted by Gasteiger charge is -2.29. The minimum Gasteiger partial charge on any atom is -0.358 e. The minimum absolute atomic E-state index is 0.116. The molecule has 1 unspecified atom stereocenters. The molecule has 110 valence electrons. The third-order valence-electron chi connectivity index (χ3n) is 3.49. The molecule has 0 aromatic carbocycles. The Hall–Kier alpha value is -1.89. The Balaban J connectivity index is 2.03. The zero-order valence-electron chi connectivity index (χ0n) is 12.0. The van der Waals surface area contributed by atoms with Crippen molar-refractivity contribution in [1.29, 1.82) is 0 Å². The summed E-state index contributed by atoms with van der Waals surface area (Å²) in [5, 5.41) is 3.14. The number of aryl methyl sites for hydroxylation is 1. The van der Waals surface area contributed by atoms with Gasteiger partial charge < -0.3 is 10.2 Å². The minimum atomic E-state index is -0.313. The van der Waals surface area contributed by atoms with Crippen molar-refractivity contribution < 1.29 is 4.79 Å². The number of nitrogens with one attached hydrogen (secondary N) is 2. The molecule has 2 rings (SSSR count). The zero-order valence-corrected chi connectivity index (χ0v) is 12.0. The molecule has 7 nitrogen and oxygen atoms in total. The molecule has 0 aliphatic carbocycles. The number of rotatable bonds is 4. The lowest BCUT2D eigenvalue weighted by atomic mass is 10.1. The average Bonchev–Trinajstić information content (AvgIpc) is 2.49. The molecule has 2 heterocycles. The fourth-order valence-corrected chi connectivity index (χ4v) is 2.31. The van der Waals surface area contributed by atoms with Gasteiger partial charge in [0.25, 0.3) is 0 Å². The van der Waals surface area contributed by atoms with E-state index in [0.29, 0.717) is 11.8 Å². The van der Waals surface area contributed by atoms with E-state index in [1.54, 1.807) is 6.20 Å². The number of aromatic nitrogens is 2. The van der Waals surface area contributed by atoms with Gasteiger partial charge in [-0.25, -0.2) is 10.8 Å². The van der Waals surface area contributed by atoms with Crippen LogP contribution in [0, 0.1) is 6.92 Å². The van der Waals surface area contributed by atoms with Crippen LogP contribution in [-0.2, 0) is 4.79 Å². The molecule has 1 aliphatic rings. The number of nitrogens with zero attached hydrogens (tertiary/aromatic N) is 3. The quantitative estimate of drug-likeness (QED) is 0.559. The van der Waals surface area contributed by atoms with Crippen LogP contribution in [0.1, 0.15) is 31.7 Å². The van der Waals surface area contributed by atoms with Gasteiger partial charge in [-0.1, -0.05) is 0 Å². The topological polar surface area (TPSA) is 96.2 Å². The Labute approximate surface area is 118 Å². The second kappa shape index (κ2) is 6.51. The van der Waals surface area contributed by atoms with Crippen LogP contribution in [0.4, 0.5) is 11.8 Å². The van der Waals surface area contributed by atoms with Crippen LogP contribution in [0.15, 0.2) is 6.20 Å². The van der Waals surface area contributed by atoms with Crippen molar-refractivity contribution in [3.63, 3.8) is 0 Å². The maximum Gasteiger partial charge on any atom is 0.244 e. The van der Waals surface area contributed by atoms with E-state index >= 15 is 0 Å². The van der Waals surface area contributed by atoms with Crippen LogP contribution in [-0.4, -0.2) is 39.9 Å². The van der Waals surface area contributed by atoms with Crippen LogP contribution in [0.2, 0.25) is 0 Å². The number of piperidine rings is 1. The van der Waals surface area contributed by atoms with Gasteiger partial charge in [-0.15, -0.1) is 0 Å². The van der Waals surface area contributed by atoms with Crippen LogP contribution >= 0.6 is 0 Å². The molecule has 0 radical (unpaired) electrons. The summed E-state index contributed by atoms with van der Waals surface area (Å²) >= 11 is 0. The molecule has 1 amide bonds. The lowest BCUT2D eigenvalue weighted by Crippen LogP contribution is -2.44. The lowest BCUT2D eigenvalue weighted by molar-refractivity contribution is -0.132. The van der Waals surface area contributed by atoms with E-state index in [2.05, 4.69) is 20.7 Å². The van der Waals surface area contributed by atoms with E-state index in [9.17, 15) is 4.79 Å². The molecule has 1 aromatic heterocycles. The number of carbonyl (C=O) groups is 1. The van der Waals surface area contributed by atoms with Crippen molar-refractivity contribution in [2.75, 3.05) is 23.8 Å². The number of anilines is 2. The first-order valence-corrected chi connectivity index (χ1v) is 6.97. The van der Waals surface area contributed by atoms with Gasteiger partial charge in [0, 0.05) is 24.8 Å². The molecule has 20 heavy (non-hydrogen) atoms. The van der Waals surface area contributed by atoms with Gasteiger partial charge in [0.2, 0.25) is 11.9 Å². The van der Waals surface area contributed by atoms with Crippen molar-refractivity contribution in [1.82, 2.24) is 14.9 Å². The maximum atomic E-state index is 12.3. The highest BCUT2D eigenvalue weighted by Crippen LogP contribution is 2.15. The van der Waals surface area contributed by atoms with Gasteiger partial charge >= 0.3 is 0 Å². The number of likely N-dealkylation sites (tertiary alicyclic amines) is 1. The molecule has 0 saturated carbocycles. The molecule has 7 heteroatoms. The maximum absolute atomic E-state index is 12.3. The van der Waals surface area contributed by atoms with Gasteiger partial charge in [-0.2, -0.15) is 4.98 Å². The predicted octanol–water partition coefficient (Wildman–Crippen LogP) is 0.884. The molecular weight excluding hydrogens is 256 g/mol. The Kier molecular flexibility index (Phi) is 4.73. The second-order valence-corrected chi connectivity index (χ2v) is 5.12. The van der Waals surface area contributed by atoms with E-state index in [-0.39, 0.29) is 11.9 Å². The highest BCUT2D eigenvalue weighted by molar-refractivity contribution is 5.84. The number of carbonyl (C=O) groups excluding carboxylic acids is 1. The molecule has 1 saturated heterocycles. The van der Waals surface area contributed by atoms with Crippen molar-refractivity contribution in [3.05, 3.63) is 11.8 Å². The third-order valence-corrected chi connectivity index (χ3v) is 3.49. The Morgan fingerprint density at radius 1 is 1.40 bits per heavy atom. The summed E-state index contributed by atoms with van der Waals surface area (Å²) < 4.78 is 0. The predicted molar refractivity (Wildman–Crippen MR) is 78.1 cm³/mol. The summed E-state index contributed by atoms with van der Waals surface area (Å²) in [6.07, 6.45) is 5.06. The van der Waals surface area contributed by atoms with Gasteiger partial charge in [0.1, 0.15) is 11.9 Å². The largest absolute Gasteiger partial charge is 0.358 e. The van der Waals surface area contributed by atoms with E-state index < -0.39 is 0 Å². The number of hydrogen-bond acceptors (Lipinski definition) is 6. The SMILES string of the molecule is Cc1cnc(NN)nc1NC(C)C(=O)N1CCCCC1. The summed E-state index contributed by atoms with van der Waals surface area (Å²) in [6.45, 7) is 5.45. The highest BCUT2D eigenvalue weighted by Gasteiger charge is 2.22. The molecule has 1 aliphatic heterocycles. The molecular formula is C13H22N6O.